The van der Waals surface area contributed by atoms with E-state index in [-0.39, 0.29) is 0 Å². The SMILES string of the molecule is CO[C@@H](Cc1ccc(OCCCOc2ccc(OCc3ccccc3)cc2)cc1)C(=O)O. The second-order valence-corrected chi connectivity index (χ2v) is 7.21. The lowest BCUT2D eigenvalue weighted by Crippen LogP contribution is -2.24. The van der Waals surface area contributed by atoms with Gasteiger partial charge in [-0.3, -0.25) is 0 Å². The number of aliphatic carboxylic acids is 1. The minimum absolute atomic E-state index is 0.316. The first kappa shape index (κ1) is 23.2. The Balaban J connectivity index is 1.32. The summed E-state index contributed by atoms with van der Waals surface area (Å²) >= 11 is 0. The summed E-state index contributed by atoms with van der Waals surface area (Å²) in [6, 6.07) is 25.0. The summed E-state index contributed by atoms with van der Waals surface area (Å²) in [5.41, 5.74) is 2.01. The molecule has 0 aliphatic rings. The molecule has 0 aromatic heterocycles. The van der Waals surface area contributed by atoms with Gasteiger partial charge < -0.3 is 24.1 Å². The first-order valence-corrected chi connectivity index (χ1v) is 10.5. The topological polar surface area (TPSA) is 74.2 Å². The zero-order chi connectivity index (χ0) is 22.6. The Kier molecular flexibility index (Phi) is 8.95. The van der Waals surface area contributed by atoms with E-state index >= 15 is 0 Å². The number of carboxylic acids is 1. The first-order valence-electron chi connectivity index (χ1n) is 10.5. The summed E-state index contributed by atoms with van der Waals surface area (Å²) in [7, 11) is 1.40. The third kappa shape index (κ3) is 7.63. The van der Waals surface area contributed by atoms with Crippen molar-refractivity contribution >= 4 is 5.97 Å². The maximum Gasteiger partial charge on any atom is 0.333 e. The molecule has 0 aliphatic carbocycles. The van der Waals surface area contributed by atoms with Crippen molar-refractivity contribution in [3.05, 3.63) is 90.0 Å². The average molecular weight is 437 g/mol. The van der Waals surface area contributed by atoms with Crippen LogP contribution in [0.4, 0.5) is 0 Å². The second-order valence-electron chi connectivity index (χ2n) is 7.21. The third-order valence-electron chi connectivity index (χ3n) is 4.80. The maximum atomic E-state index is 11.0. The first-order chi connectivity index (χ1) is 15.6. The van der Waals surface area contributed by atoms with Gasteiger partial charge in [-0.1, -0.05) is 42.5 Å². The molecule has 6 heteroatoms. The Bertz CT molecular complexity index is 938. The van der Waals surface area contributed by atoms with Crippen molar-refractivity contribution in [3.8, 4) is 17.2 Å². The molecule has 32 heavy (non-hydrogen) atoms. The van der Waals surface area contributed by atoms with Crippen LogP contribution in [0.1, 0.15) is 17.5 Å². The molecule has 0 amide bonds. The quantitative estimate of drug-likeness (QED) is 0.390. The van der Waals surface area contributed by atoms with Crippen molar-refractivity contribution in [2.24, 2.45) is 0 Å². The molecule has 3 rings (SSSR count). The fourth-order valence-electron chi connectivity index (χ4n) is 3.02. The van der Waals surface area contributed by atoms with E-state index in [1.165, 1.54) is 7.11 Å². The lowest BCUT2D eigenvalue weighted by molar-refractivity contribution is -0.148. The lowest BCUT2D eigenvalue weighted by atomic mass is 10.1. The summed E-state index contributed by atoms with van der Waals surface area (Å²) in [5, 5.41) is 9.05. The van der Waals surface area contributed by atoms with E-state index in [0.29, 0.717) is 26.2 Å². The molecule has 0 saturated carbocycles. The van der Waals surface area contributed by atoms with Crippen molar-refractivity contribution < 1.29 is 28.8 Å². The number of benzene rings is 3. The Morgan fingerprint density at radius 3 is 1.81 bits per heavy atom. The molecule has 0 spiro atoms. The van der Waals surface area contributed by atoms with Gasteiger partial charge in [0, 0.05) is 20.0 Å². The van der Waals surface area contributed by atoms with E-state index in [1.807, 2.05) is 78.9 Å². The Morgan fingerprint density at radius 1 is 0.750 bits per heavy atom. The van der Waals surface area contributed by atoms with Crippen molar-refractivity contribution in [2.45, 2.75) is 25.6 Å². The number of rotatable bonds is 13. The molecule has 0 unspecified atom stereocenters. The number of ether oxygens (including phenoxy) is 4. The number of hydrogen-bond donors (Lipinski definition) is 1. The van der Waals surface area contributed by atoms with E-state index in [2.05, 4.69) is 0 Å². The molecule has 0 saturated heterocycles. The summed E-state index contributed by atoms with van der Waals surface area (Å²) in [4.78, 5) is 11.0. The summed E-state index contributed by atoms with van der Waals surface area (Å²) in [5.74, 6) is 1.35. The third-order valence-corrected chi connectivity index (χ3v) is 4.80. The Hall–Kier alpha value is -3.51. The van der Waals surface area contributed by atoms with Gasteiger partial charge in [-0.15, -0.1) is 0 Å². The van der Waals surface area contributed by atoms with Crippen LogP contribution in [-0.4, -0.2) is 37.5 Å². The molecule has 3 aromatic carbocycles. The summed E-state index contributed by atoms with van der Waals surface area (Å²) in [6.07, 6.45) is 0.206. The van der Waals surface area contributed by atoms with Crippen LogP contribution < -0.4 is 14.2 Å². The molecule has 0 heterocycles. The predicted molar refractivity (Wildman–Crippen MR) is 121 cm³/mol. The molecule has 1 N–H and O–H groups in total. The largest absolute Gasteiger partial charge is 0.493 e. The zero-order valence-corrected chi connectivity index (χ0v) is 18.1. The average Bonchev–Trinajstić information content (AvgIpc) is 2.83. The Labute approximate surface area is 188 Å². The molecular weight excluding hydrogens is 408 g/mol. The molecule has 3 aromatic rings. The van der Waals surface area contributed by atoms with Gasteiger partial charge in [0.15, 0.2) is 6.10 Å². The van der Waals surface area contributed by atoms with E-state index < -0.39 is 12.1 Å². The number of carbonyl (C=O) groups is 1. The fraction of sp³-hybridized carbons (Fsp3) is 0.269. The minimum atomic E-state index is -0.970. The van der Waals surface area contributed by atoms with Crippen LogP contribution in [0.15, 0.2) is 78.9 Å². The van der Waals surface area contributed by atoms with Gasteiger partial charge in [0.25, 0.3) is 0 Å². The van der Waals surface area contributed by atoms with E-state index in [0.717, 1.165) is 34.8 Å². The molecule has 1 atom stereocenters. The van der Waals surface area contributed by atoms with Gasteiger partial charge in [-0.05, 0) is 47.5 Å². The van der Waals surface area contributed by atoms with Crippen LogP contribution in [0.2, 0.25) is 0 Å². The van der Waals surface area contributed by atoms with E-state index in [4.69, 9.17) is 24.1 Å². The van der Waals surface area contributed by atoms with Crippen molar-refractivity contribution in [2.75, 3.05) is 20.3 Å². The minimum Gasteiger partial charge on any atom is -0.493 e. The highest BCUT2D eigenvalue weighted by atomic mass is 16.5. The zero-order valence-electron chi connectivity index (χ0n) is 18.1. The Morgan fingerprint density at radius 2 is 1.28 bits per heavy atom. The van der Waals surface area contributed by atoms with Gasteiger partial charge in [0.05, 0.1) is 13.2 Å². The summed E-state index contributed by atoms with van der Waals surface area (Å²) in [6.45, 7) is 1.59. The fourth-order valence-corrected chi connectivity index (χ4v) is 3.02. The van der Waals surface area contributed by atoms with Crippen molar-refractivity contribution in [1.29, 1.82) is 0 Å². The van der Waals surface area contributed by atoms with Gasteiger partial charge in [-0.25, -0.2) is 4.79 Å². The van der Waals surface area contributed by atoms with E-state index in [9.17, 15) is 4.79 Å². The molecule has 0 aliphatic heterocycles. The van der Waals surface area contributed by atoms with Gasteiger partial charge in [0.1, 0.15) is 23.9 Å². The lowest BCUT2D eigenvalue weighted by Gasteiger charge is -2.11. The van der Waals surface area contributed by atoms with Gasteiger partial charge in [-0.2, -0.15) is 0 Å². The monoisotopic (exact) mass is 436 g/mol. The maximum absolute atomic E-state index is 11.0. The molecule has 0 radical (unpaired) electrons. The summed E-state index contributed by atoms with van der Waals surface area (Å²) < 4.78 is 22.2. The number of hydrogen-bond acceptors (Lipinski definition) is 5. The van der Waals surface area contributed by atoms with Crippen LogP contribution >= 0.6 is 0 Å². The van der Waals surface area contributed by atoms with Crippen LogP contribution in [0, 0.1) is 0 Å². The normalized spacial score (nSPS) is 11.5. The highest BCUT2D eigenvalue weighted by Crippen LogP contribution is 2.19. The number of methoxy groups -OCH3 is 1. The van der Waals surface area contributed by atoms with E-state index in [1.54, 1.807) is 0 Å². The highest BCUT2D eigenvalue weighted by Gasteiger charge is 2.16. The molecular formula is C26H28O6. The van der Waals surface area contributed by atoms with Crippen LogP contribution in [0.5, 0.6) is 17.2 Å². The number of carboxylic acid groups (broad SMARTS) is 1. The van der Waals surface area contributed by atoms with Crippen LogP contribution in [-0.2, 0) is 22.6 Å². The van der Waals surface area contributed by atoms with Crippen molar-refractivity contribution in [1.82, 2.24) is 0 Å². The van der Waals surface area contributed by atoms with Crippen molar-refractivity contribution in [3.63, 3.8) is 0 Å². The molecule has 0 fully saturated rings. The van der Waals surface area contributed by atoms with Crippen LogP contribution in [0.3, 0.4) is 0 Å². The predicted octanol–water partition coefficient (Wildman–Crippen LogP) is 4.76. The standard InChI is InChI=1S/C26H28O6/c1-29-25(26(27)28)18-20-8-10-22(11-9-20)30-16-5-17-31-23-12-14-24(15-13-23)32-19-21-6-3-2-4-7-21/h2-4,6-15,25H,5,16-19H2,1H3,(H,27,28)/t25-/m0/s1. The molecule has 0 bridgehead atoms. The smallest absolute Gasteiger partial charge is 0.333 e. The highest BCUT2D eigenvalue weighted by molar-refractivity contribution is 5.72. The second kappa shape index (κ2) is 12.4. The van der Waals surface area contributed by atoms with Crippen LogP contribution in [0.25, 0.3) is 0 Å². The van der Waals surface area contributed by atoms with Gasteiger partial charge >= 0.3 is 5.97 Å². The van der Waals surface area contributed by atoms with Gasteiger partial charge in [0.2, 0.25) is 0 Å². The molecule has 168 valence electrons. The molecule has 6 nitrogen and oxygen atoms in total.